The van der Waals surface area contributed by atoms with Crippen LogP contribution in [0.1, 0.15) is 22.7 Å². The minimum Gasteiger partial charge on any atom is -0.345 e. The maximum atomic E-state index is 15.0. The van der Waals surface area contributed by atoms with Crippen LogP contribution in [0.2, 0.25) is 5.02 Å². The number of anilines is 1. The zero-order valence-corrected chi connectivity index (χ0v) is 22.2. The van der Waals surface area contributed by atoms with Gasteiger partial charge in [0.05, 0.1) is 10.7 Å². The summed E-state index contributed by atoms with van der Waals surface area (Å²) >= 11 is 6.02. The Labute approximate surface area is 238 Å². The molecule has 0 radical (unpaired) electrons. The largest absolute Gasteiger partial charge is 0.345 e. The molecule has 2 amide bonds. The molecule has 0 aliphatic carbocycles. The zero-order chi connectivity index (χ0) is 28.3. The van der Waals surface area contributed by atoms with Gasteiger partial charge in [-0.15, -0.1) is 5.10 Å². The number of imidazole rings is 1. The van der Waals surface area contributed by atoms with E-state index in [2.05, 4.69) is 30.8 Å². The highest BCUT2D eigenvalue weighted by molar-refractivity contribution is 6.31. The van der Waals surface area contributed by atoms with Crippen LogP contribution in [0.5, 0.6) is 0 Å². The first-order chi connectivity index (χ1) is 20.0. The number of carbonyl (C=O) groups excluding carboxylic acids is 2. The molecule has 2 N–H and O–H groups in total. The van der Waals surface area contributed by atoms with Crippen molar-refractivity contribution in [3.05, 3.63) is 113 Å². The van der Waals surface area contributed by atoms with Gasteiger partial charge in [0.1, 0.15) is 18.2 Å². The van der Waals surface area contributed by atoms with E-state index in [1.54, 1.807) is 30.6 Å². The third-order valence-electron chi connectivity index (χ3n) is 6.84. The molecular weight excluding hydrogens is 547 g/mol. The zero-order valence-electron chi connectivity index (χ0n) is 21.4. The van der Waals surface area contributed by atoms with Crippen LogP contribution in [0.15, 0.2) is 85.5 Å². The van der Waals surface area contributed by atoms with Crippen LogP contribution < -0.4 is 5.32 Å². The maximum Gasteiger partial charge on any atom is 0.251 e. The van der Waals surface area contributed by atoms with Gasteiger partial charge in [-0.2, -0.15) is 4.68 Å². The Balaban J connectivity index is 1.29. The smallest absolute Gasteiger partial charge is 0.251 e. The average molecular weight is 569 g/mol. The number of halogens is 2. The molecule has 0 spiro atoms. The Bertz CT molecular complexity index is 1740. The highest BCUT2D eigenvalue weighted by Crippen LogP contribution is 2.32. The molecule has 1 aliphatic heterocycles. The number of benzene rings is 3. The number of aromatic nitrogens is 6. The van der Waals surface area contributed by atoms with Crippen molar-refractivity contribution in [3.8, 4) is 17.1 Å². The molecule has 10 nitrogen and oxygen atoms in total. The Kier molecular flexibility index (Phi) is 7.09. The van der Waals surface area contributed by atoms with Crippen LogP contribution in [0.3, 0.4) is 0 Å². The summed E-state index contributed by atoms with van der Waals surface area (Å²) in [4.78, 5) is 36.0. The van der Waals surface area contributed by atoms with E-state index in [0.717, 1.165) is 16.7 Å². The second-order valence-corrected chi connectivity index (χ2v) is 9.68. The van der Waals surface area contributed by atoms with Crippen LogP contribution in [-0.4, -0.2) is 53.4 Å². The number of nitrogens with zero attached hydrogens (tertiary/aromatic N) is 6. The number of aromatic amines is 1. The highest BCUT2D eigenvalue weighted by atomic mass is 35.5. The molecule has 0 saturated heterocycles. The number of H-pyrrole nitrogens is 1. The monoisotopic (exact) mass is 568 g/mol. The van der Waals surface area contributed by atoms with E-state index in [1.165, 1.54) is 34.1 Å². The number of nitrogens with one attached hydrogen (secondary N) is 2. The summed E-state index contributed by atoms with van der Waals surface area (Å²) in [6.45, 7) is 0.299. The molecule has 5 aromatic rings. The van der Waals surface area contributed by atoms with Gasteiger partial charge in [-0.1, -0.05) is 35.9 Å². The quantitative estimate of drug-likeness (QED) is 0.288. The maximum absolute atomic E-state index is 15.0. The van der Waals surface area contributed by atoms with Crippen LogP contribution in [0.4, 0.5) is 10.1 Å². The number of fused-ring (bicyclic) bond motifs is 1. The third kappa shape index (κ3) is 5.22. The minimum atomic E-state index is -0.898. The predicted molar refractivity (Wildman–Crippen MR) is 150 cm³/mol. The molecule has 3 aromatic carbocycles. The van der Waals surface area contributed by atoms with Crippen molar-refractivity contribution in [2.75, 3.05) is 11.9 Å². The van der Waals surface area contributed by atoms with Crippen LogP contribution in [0, 0.1) is 5.82 Å². The van der Waals surface area contributed by atoms with E-state index in [4.69, 9.17) is 11.6 Å². The lowest BCUT2D eigenvalue weighted by Gasteiger charge is -2.35. The summed E-state index contributed by atoms with van der Waals surface area (Å²) in [5.41, 5.74) is 3.49. The van der Waals surface area contributed by atoms with Gasteiger partial charge >= 0.3 is 0 Å². The normalized spacial score (nSPS) is 14.7. The van der Waals surface area contributed by atoms with Gasteiger partial charge in [-0.25, -0.2) is 9.37 Å². The second kappa shape index (κ2) is 11.1. The molecule has 3 heterocycles. The van der Waals surface area contributed by atoms with Crippen molar-refractivity contribution in [1.82, 2.24) is 35.1 Å². The molecule has 1 atom stereocenters. The molecule has 1 aliphatic rings. The van der Waals surface area contributed by atoms with Crippen LogP contribution in [-0.2, 0) is 16.0 Å². The van der Waals surface area contributed by atoms with E-state index in [9.17, 15) is 9.59 Å². The first kappa shape index (κ1) is 26.1. The molecule has 41 heavy (non-hydrogen) atoms. The van der Waals surface area contributed by atoms with Gasteiger partial charge in [-0.3, -0.25) is 9.59 Å². The fraction of sp³-hybridized carbons (Fsp3) is 0.103. The number of carbonyl (C=O) groups is 2. The lowest BCUT2D eigenvalue weighted by Crippen LogP contribution is -2.44. The van der Waals surface area contributed by atoms with Crippen molar-refractivity contribution in [1.29, 1.82) is 0 Å². The van der Waals surface area contributed by atoms with E-state index in [1.807, 2.05) is 36.4 Å². The molecule has 204 valence electrons. The minimum absolute atomic E-state index is 0.0354. The van der Waals surface area contributed by atoms with Crippen molar-refractivity contribution in [3.63, 3.8) is 0 Å². The van der Waals surface area contributed by atoms with Gasteiger partial charge in [0.15, 0.2) is 5.82 Å². The summed E-state index contributed by atoms with van der Waals surface area (Å²) in [6, 6.07) is 16.8. The van der Waals surface area contributed by atoms with E-state index in [0.29, 0.717) is 30.2 Å². The van der Waals surface area contributed by atoms with Crippen molar-refractivity contribution in [2.24, 2.45) is 0 Å². The number of hydrogen-bond donors (Lipinski definition) is 2. The molecule has 1 unspecified atom stereocenters. The summed E-state index contributed by atoms with van der Waals surface area (Å²) < 4.78 is 16.3. The topological polar surface area (TPSA) is 122 Å². The molecule has 0 saturated carbocycles. The molecule has 2 aromatic heterocycles. The molecule has 12 heteroatoms. The number of hydrogen-bond acceptors (Lipinski definition) is 6. The Morgan fingerprint density at radius 2 is 1.93 bits per heavy atom. The number of rotatable bonds is 6. The van der Waals surface area contributed by atoms with Crippen molar-refractivity contribution in [2.45, 2.75) is 12.5 Å². The van der Waals surface area contributed by atoms with E-state index < -0.39 is 17.8 Å². The van der Waals surface area contributed by atoms with Gasteiger partial charge in [0.25, 0.3) is 5.91 Å². The lowest BCUT2D eigenvalue weighted by molar-refractivity contribution is -0.135. The Morgan fingerprint density at radius 1 is 1.10 bits per heavy atom. The Morgan fingerprint density at radius 3 is 2.68 bits per heavy atom. The average Bonchev–Trinajstić information content (AvgIpc) is 3.73. The fourth-order valence-corrected chi connectivity index (χ4v) is 5.03. The summed E-state index contributed by atoms with van der Waals surface area (Å²) in [5.74, 6) is -0.838. The predicted octanol–water partition coefficient (Wildman–Crippen LogP) is 4.62. The summed E-state index contributed by atoms with van der Waals surface area (Å²) in [5, 5.41) is 13.8. The van der Waals surface area contributed by atoms with Gasteiger partial charge in [0, 0.05) is 41.8 Å². The SMILES string of the molecule is O=C(Nc1ccc(-c2ncc[nH]2)cc1)C1c2ccccc2CCN1C(=O)C=Cc1c(-n2cnnn2)ccc(Cl)c1F. The van der Waals surface area contributed by atoms with E-state index in [-0.39, 0.29) is 16.5 Å². The van der Waals surface area contributed by atoms with Gasteiger partial charge < -0.3 is 15.2 Å². The summed E-state index contributed by atoms with van der Waals surface area (Å²) in [6.07, 6.45) is 7.83. The Hall–Kier alpha value is -5.16. The van der Waals surface area contributed by atoms with Crippen LogP contribution >= 0.6 is 11.6 Å². The third-order valence-corrected chi connectivity index (χ3v) is 7.13. The van der Waals surface area contributed by atoms with E-state index >= 15 is 4.39 Å². The van der Waals surface area contributed by atoms with Crippen molar-refractivity contribution >= 4 is 35.2 Å². The first-order valence-electron chi connectivity index (χ1n) is 12.7. The number of tetrazole rings is 1. The lowest BCUT2D eigenvalue weighted by atomic mass is 9.91. The molecule has 0 fully saturated rings. The first-order valence-corrected chi connectivity index (χ1v) is 13.1. The van der Waals surface area contributed by atoms with Gasteiger partial charge in [-0.05, 0) is 70.4 Å². The molecule has 6 rings (SSSR count). The van der Waals surface area contributed by atoms with Crippen LogP contribution in [0.25, 0.3) is 23.2 Å². The number of amides is 2. The fourth-order valence-electron chi connectivity index (χ4n) is 4.87. The standard InChI is InChI=1S/C29H22ClFN8O2/c30-23-10-11-24(39-17-34-36-37-39)22(26(23)31)9-12-25(40)38-16-13-18-3-1-2-4-21(18)27(38)29(41)35-20-7-5-19(6-8-20)28-32-14-15-33-28/h1-12,14-15,17,27H,13,16H2,(H,32,33)(H,35,41). The second-order valence-electron chi connectivity index (χ2n) is 9.27. The molecule has 0 bridgehead atoms. The highest BCUT2D eigenvalue weighted by Gasteiger charge is 2.35. The molecular formula is C29H22ClFN8O2. The summed E-state index contributed by atoms with van der Waals surface area (Å²) in [7, 11) is 0. The van der Waals surface area contributed by atoms with Gasteiger partial charge in [0.2, 0.25) is 5.91 Å². The van der Waals surface area contributed by atoms with Crippen molar-refractivity contribution < 1.29 is 14.0 Å².